The quantitative estimate of drug-likeness (QED) is 0.706. The third kappa shape index (κ3) is 5.75. The number of unbranched alkanes of at least 4 members (excludes halogenated alkanes) is 1. The minimum absolute atomic E-state index is 0.0100. The van der Waals surface area contributed by atoms with Crippen molar-refractivity contribution in [2.24, 2.45) is 0 Å². The van der Waals surface area contributed by atoms with Crippen LogP contribution in [0.25, 0.3) is 0 Å². The Labute approximate surface area is 114 Å². The van der Waals surface area contributed by atoms with Crippen molar-refractivity contribution in [2.75, 3.05) is 19.8 Å². The van der Waals surface area contributed by atoms with E-state index in [1.165, 1.54) is 0 Å². The van der Waals surface area contributed by atoms with Gasteiger partial charge < -0.3 is 15.2 Å². The van der Waals surface area contributed by atoms with Crippen molar-refractivity contribution >= 4 is 5.91 Å². The first-order valence-corrected chi connectivity index (χ1v) is 6.71. The van der Waals surface area contributed by atoms with Crippen LogP contribution in [0.2, 0.25) is 0 Å². The Morgan fingerprint density at radius 1 is 1.26 bits per heavy atom. The molecule has 0 aliphatic rings. The first-order chi connectivity index (χ1) is 9.15. The molecule has 4 heteroatoms. The average molecular weight is 265 g/mol. The van der Waals surface area contributed by atoms with Gasteiger partial charge in [0, 0.05) is 13.2 Å². The van der Waals surface area contributed by atoms with Crippen molar-refractivity contribution in [3.63, 3.8) is 0 Å². The van der Waals surface area contributed by atoms with E-state index >= 15 is 0 Å². The Morgan fingerprint density at radius 2 is 1.95 bits per heavy atom. The van der Waals surface area contributed by atoms with Crippen molar-refractivity contribution in [1.82, 2.24) is 5.32 Å². The Bertz CT molecular complexity index is 384. The zero-order valence-corrected chi connectivity index (χ0v) is 11.7. The lowest BCUT2D eigenvalue weighted by Crippen LogP contribution is -2.26. The standard InChI is InChI=1S/C15H23NO3/c1-12-6-5-7-13(2)15(12)19-11-8-14(18)16-9-3-4-10-17/h5-7,17H,3-4,8-11H2,1-2H3,(H,16,18). The second-order valence-electron chi connectivity index (χ2n) is 4.60. The molecule has 0 heterocycles. The zero-order chi connectivity index (χ0) is 14.1. The zero-order valence-electron chi connectivity index (χ0n) is 11.7. The molecule has 1 aromatic carbocycles. The van der Waals surface area contributed by atoms with Crippen LogP contribution in [0.4, 0.5) is 0 Å². The molecule has 0 radical (unpaired) electrons. The van der Waals surface area contributed by atoms with E-state index in [2.05, 4.69) is 5.32 Å². The summed E-state index contributed by atoms with van der Waals surface area (Å²) in [4.78, 5) is 11.5. The number of aliphatic hydroxyl groups is 1. The van der Waals surface area contributed by atoms with Gasteiger partial charge >= 0.3 is 0 Å². The molecule has 1 amide bonds. The van der Waals surface area contributed by atoms with E-state index in [4.69, 9.17) is 9.84 Å². The molecule has 0 bridgehead atoms. The number of amides is 1. The van der Waals surface area contributed by atoms with E-state index in [1.807, 2.05) is 32.0 Å². The molecule has 106 valence electrons. The summed E-state index contributed by atoms with van der Waals surface area (Å²) in [6.07, 6.45) is 1.88. The maximum absolute atomic E-state index is 11.5. The van der Waals surface area contributed by atoms with Gasteiger partial charge in [-0.05, 0) is 37.8 Å². The van der Waals surface area contributed by atoms with Crippen LogP contribution in [0.3, 0.4) is 0 Å². The molecule has 0 atom stereocenters. The van der Waals surface area contributed by atoms with E-state index in [-0.39, 0.29) is 12.5 Å². The Kier molecular flexibility index (Phi) is 6.97. The first kappa shape index (κ1) is 15.5. The third-order valence-electron chi connectivity index (χ3n) is 2.89. The number of carbonyl (C=O) groups is 1. The highest BCUT2D eigenvalue weighted by molar-refractivity contribution is 5.75. The second kappa shape index (κ2) is 8.53. The number of ether oxygens (including phenoxy) is 1. The monoisotopic (exact) mass is 265 g/mol. The third-order valence-corrected chi connectivity index (χ3v) is 2.89. The summed E-state index contributed by atoms with van der Waals surface area (Å²) in [7, 11) is 0. The topological polar surface area (TPSA) is 58.6 Å². The van der Waals surface area contributed by atoms with Crippen molar-refractivity contribution in [3.8, 4) is 5.75 Å². The van der Waals surface area contributed by atoms with E-state index < -0.39 is 0 Å². The Morgan fingerprint density at radius 3 is 2.58 bits per heavy atom. The number of para-hydroxylation sites is 1. The highest BCUT2D eigenvalue weighted by Gasteiger charge is 2.05. The van der Waals surface area contributed by atoms with Crippen LogP contribution in [0.1, 0.15) is 30.4 Å². The molecule has 0 aliphatic heterocycles. The predicted molar refractivity (Wildman–Crippen MR) is 75.4 cm³/mol. The molecule has 0 aliphatic carbocycles. The molecule has 0 spiro atoms. The lowest BCUT2D eigenvalue weighted by Gasteiger charge is -2.11. The molecule has 0 saturated carbocycles. The number of carbonyl (C=O) groups excluding carboxylic acids is 1. The normalized spacial score (nSPS) is 10.3. The maximum atomic E-state index is 11.5. The number of aryl methyl sites for hydroxylation is 2. The molecule has 19 heavy (non-hydrogen) atoms. The van der Waals surface area contributed by atoms with Gasteiger partial charge in [-0.1, -0.05) is 18.2 Å². The van der Waals surface area contributed by atoms with Crippen LogP contribution < -0.4 is 10.1 Å². The van der Waals surface area contributed by atoms with Gasteiger partial charge in [0.05, 0.1) is 13.0 Å². The minimum Gasteiger partial charge on any atom is -0.493 e. The average Bonchev–Trinajstić information content (AvgIpc) is 2.38. The van der Waals surface area contributed by atoms with Gasteiger partial charge in [-0.25, -0.2) is 0 Å². The van der Waals surface area contributed by atoms with Crippen molar-refractivity contribution in [1.29, 1.82) is 0 Å². The van der Waals surface area contributed by atoms with E-state index in [0.29, 0.717) is 19.6 Å². The maximum Gasteiger partial charge on any atom is 0.223 e. The van der Waals surface area contributed by atoms with E-state index in [9.17, 15) is 4.79 Å². The van der Waals surface area contributed by atoms with Crippen LogP contribution in [0, 0.1) is 13.8 Å². The largest absolute Gasteiger partial charge is 0.493 e. The summed E-state index contributed by atoms with van der Waals surface area (Å²) in [6, 6.07) is 5.99. The summed E-state index contributed by atoms with van der Waals surface area (Å²) in [5, 5.41) is 11.4. The molecule has 0 unspecified atom stereocenters. The number of benzene rings is 1. The SMILES string of the molecule is Cc1cccc(C)c1OCCC(=O)NCCCCO. The van der Waals surface area contributed by atoms with Gasteiger partial charge in [0.25, 0.3) is 0 Å². The molecular weight excluding hydrogens is 242 g/mol. The number of hydrogen-bond donors (Lipinski definition) is 2. The van der Waals surface area contributed by atoms with Gasteiger partial charge in [0.15, 0.2) is 0 Å². The summed E-state index contributed by atoms with van der Waals surface area (Å²) in [6.45, 7) is 5.17. The van der Waals surface area contributed by atoms with Crippen LogP contribution >= 0.6 is 0 Å². The number of hydrogen-bond acceptors (Lipinski definition) is 3. The summed E-state index contributed by atoms with van der Waals surface area (Å²) >= 11 is 0. The predicted octanol–water partition coefficient (Wildman–Crippen LogP) is 1.96. The van der Waals surface area contributed by atoms with Gasteiger partial charge in [0.2, 0.25) is 5.91 Å². The van der Waals surface area contributed by atoms with Crippen LogP contribution in [0.15, 0.2) is 18.2 Å². The van der Waals surface area contributed by atoms with Gasteiger partial charge in [-0.15, -0.1) is 0 Å². The highest BCUT2D eigenvalue weighted by atomic mass is 16.5. The van der Waals surface area contributed by atoms with E-state index in [0.717, 1.165) is 29.7 Å². The van der Waals surface area contributed by atoms with Gasteiger partial charge in [0.1, 0.15) is 5.75 Å². The fourth-order valence-corrected chi connectivity index (χ4v) is 1.83. The fourth-order valence-electron chi connectivity index (χ4n) is 1.83. The van der Waals surface area contributed by atoms with Gasteiger partial charge in [-0.3, -0.25) is 4.79 Å². The second-order valence-corrected chi connectivity index (χ2v) is 4.60. The Balaban J connectivity index is 2.24. The van der Waals surface area contributed by atoms with Crippen molar-refractivity contribution < 1.29 is 14.6 Å². The fraction of sp³-hybridized carbons (Fsp3) is 0.533. The van der Waals surface area contributed by atoms with Crippen LogP contribution in [-0.4, -0.2) is 30.8 Å². The number of nitrogens with one attached hydrogen (secondary N) is 1. The molecule has 0 fully saturated rings. The number of aliphatic hydroxyl groups excluding tert-OH is 1. The first-order valence-electron chi connectivity index (χ1n) is 6.71. The smallest absolute Gasteiger partial charge is 0.223 e. The Hall–Kier alpha value is -1.55. The summed E-state index contributed by atoms with van der Waals surface area (Å²) in [5.74, 6) is 0.861. The summed E-state index contributed by atoms with van der Waals surface area (Å²) in [5.41, 5.74) is 2.17. The molecule has 2 N–H and O–H groups in total. The van der Waals surface area contributed by atoms with Gasteiger partial charge in [-0.2, -0.15) is 0 Å². The molecule has 0 saturated heterocycles. The highest BCUT2D eigenvalue weighted by Crippen LogP contribution is 2.22. The summed E-state index contributed by atoms with van der Waals surface area (Å²) < 4.78 is 5.66. The molecule has 0 aromatic heterocycles. The molecule has 1 aromatic rings. The number of rotatable bonds is 8. The lowest BCUT2D eigenvalue weighted by atomic mass is 10.1. The van der Waals surface area contributed by atoms with E-state index in [1.54, 1.807) is 0 Å². The van der Waals surface area contributed by atoms with Crippen molar-refractivity contribution in [3.05, 3.63) is 29.3 Å². The molecule has 1 rings (SSSR count). The minimum atomic E-state index is -0.0100. The lowest BCUT2D eigenvalue weighted by molar-refractivity contribution is -0.121. The van der Waals surface area contributed by atoms with Crippen molar-refractivity contribution in [2.45, 2.75) is 33.1 Å². The van der Waals surface area contributed by atoms with Crippen LogP contribution in [0.5, 0.6) is 5.75 Å². The molecule has 4 nitrogen and oxygen atoms in total. The van der Waals surface area contributed by atoms with Crippen LogP contribution in [-0.2, 0) is 4.79 Å². The molecular formula is C15H23NO3.